The number of nitrogens with zero attached hydrogens (tertiary/aromatic N) is 1. The van der Waals surface area contributed by atoms with E-state index < -0.39 is 0 Å². The lowest BCUT2D eigenvalue weighted by molar-refractivity contribution is -0.109. The molecule has 1 atom stereocenters. The minimum absolute atomic E-state index is 0.0272. The highest BCUT2D eigenvalue weighted by molar-refractivity contribution is 8.76. The van der Waals surface area contributed by atoms with Crippen molar-refractivity contribution >= 4 is 27.9 Å². The van der Waals surface area contributed by atoms with Crippen LogP contribution in [-0.2, 0) is 4.79 Å². The van der Waals surface area contributed by atoms with Gasteiger partial charge >= 0.3 is 0 Å². The quantitative estimate of drug-likeness (QED) is 0.400. The van der Waals surface area contributed by atoms with Crippen molar-refractivity contribution in [2.24, 2.45) is 0 Å². The largest absolute Gasteiger partial charge is 0.350 e. The molecule has 1 heterocycles. The summed E-state index contributed by atoms with van der Waals surface area (Å²) in [6, 6.07) is -0.0272. The van der Waals surface area contributed by atoms with Crippen molar-refractivity contribution in [2.45, 2.75) is 25.3 Å². The van der Waals surface area contributed by atoms with Crippen LogP contribution >= 0.6 is 21.6 Å². The van der Waals surface area contributed by atoms with Crippen LogP contribution in [0.3, 0.4) is 0 Å². The van der Waals surface area contributed by atoms with Crippen LogP contribution in [0.1, 0.15) is 19.3 Å². The third kappa shape index (κ3) is 5.08. The Morgan fingerprint density at radius 1 is 1.39 bits per heavy atom. The molecule has 18 heavy (non-hydrogen) atoms. The maximum Gasteiger partial charge on any atom is 0.137 e. The smallest absolute Gasteiger partial charge is 0.137 e. The molecular weight excluding hydrogens is 264 g/mol. The number of rotatable bonds is 9. The number of hydrogen-bond donors (Lipinski definition) is 1. The van der Waals surface area contributed by atoms with Crippen LogP contribution in [0.4, 0.5) is 0 Å². The Morgan fingerprint density at radius 2 is 2.06 bits per heavy atom. The molecule has 0 bridgehead atoms. The molecule has 1 fully saturated rings. The summed E-state index contributed by atoms with van der Waals surface area (Å²) in [6.07, 6.45) is 4.21. The highest BCUT2D eigenvalue weighted by Crippen LogP contribution is 2.29. The first kappa shape index (κ1) is 15.7. The van der Waals surface area contributed by atoms with Gasteiger partial charge in [-0.05, 0) is 26.3 Å². The third-order valence-corrected chi connectivity index (χ3v) is 5.47. The number of likely N-dealkylation sites (tertiary alicyclic amines) is 1. The van der Waals surface area contributed by atoms with Crippen molar-refractivity contribution in [2.75, 3.05) is 25.1 Å². The second-order valence-corrected chi connectivity index (χ2v) is 6.90. The van der Waals surface area contributed by atoms with Gasteiger partial charge in [-0.3, -0.25) is 0 Å². The number of nitrogens with one attached hydrogen (secondary N) is 1. The van der Waals surface area contributed by atoms with Gasteiger partial charge in [-0.1, -0.05) is 34.7 Å². The molecule has 0 spiro atoms. The second kappa shape index (κ2) is 8.67. The SMILES string of the molecule is C=C1CCC(=C)N1CCCSSCC(C=O)NC. The first-order chi connectivity index (χ1) is 8.69. The van der Waals surface area contributed by atoms with Crippen LogP contribution in [0.5, 0.6) is 0 Å². The van der Waals surface area contributed by atoms with Crippen LogP contribution < -0.4 is 5.32 Å². The van der Waals surface area contributed by atoms with E-state index in [1.165, 1.54) is 11.4 Å². The Bertz CT molecular complexity index is 291. The molecule has 1 aliphatic heterocycles. The van der Waals surface area contributed by atoms with Gasteiger partial charge in [0.2, 0.25) is 0 Å². The molecule has 1 N–H and O–H groups in total. The van der Waals surface area contributed by atoms with E-state index in [1.54, 1.807) is 10.8 Å². The summed E-state index contributed by atoms with van der Waals surface area (Å²) < 4.78 is 0. The summed E-state index contributed by atoms with van der Waals surface area (Å²) in [5, 5.41) is 2.97. The zero-order valence-corrected chi connectivity index (χ0v) is 12.6. The molecule has 1 aliphatic rings. The van der Waals surface area contributed by atoms with E-state index in [-0.39, 0.29) is 6.04 Å². The van der Waals surface area contributed by atoms with Crippen LogP contribution in [0.15, 0.2) is 24.6 Å². The molecule has 0 aromatic heterocycles. The first-order valence-electron chi connectivity index (χ1n) is 6.19. The van der Waals surface area contributed by atoms with Gasteiger partial charge < -0.3 is 15.0 Å². The summed E-state index contributed by atoms with van der Waals surface area (Å²) in [7, 11) is 5.40. The molecule has 1 rings (SSSR count). The molecule has 0 aromatic rings. The summed E-state index contributed by atoms with van der Waals surface area (Å²) in [6.45, 7) is 9.13. The van der Waals surface area contributed by atoms with Gasteiger partial charge in [-0.2, -0.15) is 0 Å². The third-order valence-electron chi connectivity index (χ3n) is 2.94. The molecule has 0 radical (unpaired) electrons. The molecule has 1 saturated heterocycles. The monoisotopic (exact) mass is 286 g/mol. The summed E-state index contributed by atoms with van der Waals surface area (Å²) in [5.41, 5.74) is 2.41. The van der Waals surface area contributed by atoms with Gasteiger partial charge in [0, 0.05) is 29.4 Å². The van der Waals surface area contributed by atoms with Gasteiger partial charge in [-0.25, -0.2) is 0 Å². The van der Waals surface area contributed by atoms with Crippen LogP contribution in [0.25, 0.3) is 0 Å². The Hall–Kier alpha value is -0.390. The van der Waals surface area contributed by atoms with Crippen LogP contribution in [0.2, 0.25) is 0 Å². The molecule has 1 unspecified atom stereocenters. The van der Waals surface area contributed by atoms with E-state index in [0.717, 1.165) is 43.6 Å². The fourth-order valence-corrected chi connectivity index (χ4v) is 4.04. The molecule has 3 nitrogen and oxygen atoms in total. The molecular formula is C13H22N2OS2. The van der Waals surface area contributed by atoms with Crippen molar-refractivity contribution in [3.8, 4) is 0 Å². The Balaban J connectivity index is 2.03. The predicted octanol–water partition coefficient (Wildman–Crippen LogP) is 2.67. The summed E-state index contributed by atoms with van der Waals surface area (Å²) in [5.74, 6) is 1.92. The normalized spacial score (nSPS) is 17.3. The minimum atomic E-state index is -0.0272. The number of hydrogen-bond acceptors (Lipinski definition) is 5. The number of aldehydes is 1. The van der Waals surface area contributed by atoms with E-state index in [4.69, 9.17) is 0 Å². The van der Waals surface area contributed by atoms with Gasteiger partial charge in [0.15, 0.2) is 0 Å². The molecule has 0 aromatic carbocycles. The standard InChI is InChI=1S/C13H22N2OS2/c1-11-5-6-12(2)15(11)7-4-8-17-18-10-13(9-16)14-3/h9,13-14H,1-2,4-8,10H2,3H3. The van der Waals surface area contributed by atoms with E-state index >= 15 is 0 Å². The van der Waals surface area contributed by atoms with Crippen molar-refractivity contribution in [3.63, 3.8) is 0 Å². The first-order valence-corrected chi connectivity index (χ1v) is 8.68. The number of allylic oxidation sites excluding steroid dienone is 2. The highest BCUT2D eigenvalue weighted by Gasteiger charge is 2.17. The lowest BCUT2D eigenvalue weighted by Gasteiger charge is -2.20. The van der Waals surface area contributed by atoms with Gasteiger partial charge in [0.05, 0.1) is 6.04 Å². The lowest BCUT2D eigenvalue weighted by Crippen LogP contribution is -2.28. The van der Waals surface area contributed by atoms with E-state index in [1.807, 2.05) is 17.8 Å². The van der Waals surface area contributed by atoms with E-state index in [2.05, 4.69) is 23.4 Å². The number of carbonyl (C=O) groups is 1. The Labute approximate surface area is 118 Å². The zero-order chi connectivity index (χ0) is 13.4. The van der Waals surface area contributed by atoms with Gasteiger partial charge in [-0.15, -0.1) is 0 Å². The van der Waals surface area contributed by atoms with Crippen molar-refractivity contribution in [1.29, 1.82) is 0 Å². The molecule has 0 saturated carbocycles. The van der Waals surface area contributed by atoms with E-state index in [9.17, 15) is 4.79 Å². The summed E-state index contributed by atoms with van der Waals surface area (Å²) in [4.78, 5) is 12.8. The molecule has 0 amide bonds. The molecule has 5 heteroatoms. The topological polar surface area (TPSA) is 32.3 Å². The van der Waals surface area contributed by atoms with Crippen molar-refractivity contribution in [1.82, 2.24) is 10.2 Å². The predicted molar refractivity (Wildman–Crippen MR) is 82.7 cm³/mol. The van der Waals surface area contributed by atoms with Gasteiger partial charge in [0.1, 0.15) is 6.29 Å². The maximum absolute atomic E-state index is 10.6. The lowest BCUT2D eigenvalue weighted by atomic mass is 10.3. The minimum Gasteiger partial charge on any atom is -0.350 e. The number of carbonyl (C=O) groups excluding carboxylic acids is 1. The average molecular weight is 286 g/mol. The zero-order valence-electron chi connectivity index (χ0n) is 11.0. The highest BCUT2D eigenvalue weighted by atomic mass is 33.1. The maximum atomic E-state index is 10.6. The Kier molecular flexibility index (Phi) is 7.54. The second-order valence-electron chi connectivity index (χ2n) is 4.28. The Morgan fingerprint density at radius 3 is 2.61 bits per heavy atom. The molecule has 0 aliphatic carbocycles. The fourth-order valence-electron chi connectivity index (χ4n) is 1.75. The molecule has 102 valence electrons. The van der Waals surface area contributed by atoms with Gasteiger partial charge in [0.25, 0.3) is 0 Å². The van der Waals surface area contributed by atoms with Crippen LogP contribution in [0, 0.1) is 0 Å². The van der Waals surface area contributed by atoms with Crippen molar-refractivity contribution in [3.05, 3.63) is 24.6 Å². The van der Waals surface area contributed by atoms with Crippen LogP contribution in [-0.4, -0.2) is 42.3 Å². The summed E-state index contributed by atoms with van der Waals surface area (Å²) >= 11 is 0. The van der Waals surface area contributed by atoms with Crippen molar-refractivity contribution < 1.29 is 4.79 Å². The average Bonchev–Trinajstić information content (AvgIpc) is 2.69. The van der Waals surface area contributed by atoms with E-state index in [0.29, 0.717) is 0 Å². The number of likely N-dealkylation sites (N-methyl/N-ethyl adjacent to an activating group) is 1. The fraction of sp³-hybridized carbons (Fsp3) is 0.615.